The van der Waals surface area contributed by atoms with Crippen LogP contribution >= 0.6 is 12.4 Å². The van der Waals surface area contributed by atoms with Crippen LogP contribution in [-0.4, -0.2) is 25.0 Å². The van der Waals surface area contributed by atoms with Crippen molar-refractivity contribution in [2.45, 2.75) is 19.9 Å². The van der Waals surface area contributed by atoms with E-state index < -0.39 is 0 Å². The van der Waals surface area contributed by atoms with E-state index in [1.54, 1.807) is 0 Å². The molecule has 4 heteroatoms. The predicted octanol–water partition coefficient (Wildman–Crippen LogP) is 1.74. The lowest BCUT2D eigenvalue weighted by molar-refractivity contribution is -0.119. The predicted molar refractivity (Wildman–Crippen MR) is 68.2 cm³/mol. The van der Waals surface area contributed by atoms with E-state index in [-0.39, 0.29) is 24.4 Å². The molecular weight excluding hydrogens is 224 g/mol. The van der Waals surface area contributed by atoms with E-state index in [4.69, 9.17) is 0 Å². The van der Waals surface area contributed by atoms with Crippen LogP contribution in [0.5, 0.6) is 0 Å². The molecule has 0 aromatic heterocycles. The Labute approximate surface area is 102 Å². The average molecular weight is 241 g/mol. The number of halogens is 1. The quantitative estimate of drug-likeness (QED) is 0.811. The summed E-state index contributed by atoms with van der Waals surface area (Å²) in [4.78, 5) is 13.7. The number of benzene rings is 1. The maximum Gasteiger partial charge on any atom is 0.241 e. The average Bonchev–Trinajstić information content (AvgIpc) is 2.20. The summed E-state index contributed by atoms with van der Waals surface area (Å²) in [6.07, 6.45) is 0. The minimum absolute atomic E-state index is 0. The van der Waals surface area contributed by atoms with E-state index in [1.165, 1.54) is 0 Å². The van der Waals surface area contributed by atoms with Crippen molar-refractivity contribution in [3.05, 3.63) is 29.8 Å². The summed E-state index contributed by atoms with van der Waals surface area (Å²) >= 11 is 0. The minimum atomic E-state index is 0. The lowest BCUT2D eigenvalue weighted by atomic mass is 10.1. The maximum atomic E-state index is 11.8. The number of carbonyl (C=O) groups is 1. The van der Waals surface area contributed by atoms with Crippen LogP contribution in [-0.2, 0) is 4.79 Å². The van der Waals surface area contributed by atoms with Gasteiger partial charge in [0.1, 0.15) is 0 Å². The van der Waals surface area contributed by atoms with Crippen LogP contribution in [0.2, 0.25) is 0 Å². The van der Waals surface area contributed by atoms with Gasteiger partial charge >= 0.3 is 0 Å². The molecule has 1 aromatic carbocycles. The number of carbonyl (C=O) groups excluding carboxylic acids is 1. The second-order valence-corrected chi connectivity index (χ2v) is 4.03. The zero-order valence-electron chi connectivity index (χ0n) is 9.56. The van der Waals surface area contributed by atoms with Crippen LogP contribution in [0.25, 0.3) is 0 Å². The van der Waals surface area contributed by atoms with Gasteiger partial charge in [-0.3, -0.25) is 4.79 Å². The molecule has 0 radical (unpaired) electrons. The van der Waals surface area contributed by atoms with Gasteiger partial charge in [0.25, 0.3) is 0 Å². The summed E-state index contributed by atoms with van der Waals surface area (Å²) in [5.74, 6) is 0.156. The number of hydrogen-bond acceptors (Lipinski definition) is 2. The molecule has 0 saturated carbocycles. The molecule has 1 atom stereocenters. The molecule has 16 heavy (non-hydrogen) atoms. The molecule has 0 spiro atoms. The van der Waals surface area contributed by atoms with Crippen molar-refractivity contribution in [3.63, 3.8) is 0 Å². The lowest BCUT2D eigenvalue weighted by Crippen LogP contribution is -2.54. The van der Waals surface area contributed by atoms with Crippen molar-refractivity contribution < 1.29 is 4.79 Å². The SMILES string of the molecule is Cc1ccccc1N1C(=O)CNCC1C.Cl. The van der Waals surface area contributed by atoms with Crippen molar-refractivity contribution in [2.24, 2.45) is 0 Å². The van der Waals surface area contributed by atoms with E-state index >= 15 is 0 Å². The Hall–Kier alpha value is -1.06. The lowest BCUT2D eigenvalue weighted by Gasteiger charge is -2.34. The topological polar surface area (TPSA) is 32.3 Å². The second-order valence-electron chi connectivity index (χ2n) is 4.03. The van der Waals surface area contributed by atoms with Crippen LogP contribution in [0.3, 0.4) is 0 Å². The van der Waals surface area contributed by atoms with Crippen LogP contribution in [0.15, 0.2) is 24.3 Å². The zero-order chi connectivity index (χ0) is 10.8. The van der Waals surface area contributed by atoms with Crippen molar-refractivity contribution in [1.29, 1.82) is 0 Å². The Morgan fingerprint density at radius 2 is 2.06 bits per heavy atom. The van der Waals surface area contributed by atoms with Crippen molar-refractivity contribution in [3.8, 4) is 0 Å². The summed E-state index contributed by atoms with van der Waals surface area (Å²) in [5, 5.41) is 3.11. The first-order chi connectivity index (χ1) is 7.20. The van der Waals surface area contributed by atoms with Gasteiger partial charge in [0.15, 0.2) is 0 Å². The Bertz CT molecular complexity index is 381. The van der Waals surface area contributed by atoms with E-state index in [0.717, 1.165) is 17.8 Å². The van der Waals surface area contributed by atoms with Gasteiger partial charge in [-0.05, 0) is 25.5 Å². The molecule has 1 aliphatic rings. The van der Waals surface area contributed by atoms with Gasteiger partial charge in [-0.2, -0.15) is 0 Å². The first-order valence-corrected chi connectivity index (χ1v) is 5.28. The fourth-order valence-electron chi connectivity index (χ4n) is 2.02. The number of piperazine rings is 1. The third-order valence-corrected chi connectivity index (χ3v) is 2.80. The molecule has 1 amide bonds. The number of aryl methyl sites for hydroxylation is 1. The van der Waals surface area contributed by atoms with E-state index in [0.29, 0.717) is 6.54 Å². The highest BCUT2D eigenvalue weighted by atomic mass is 35.5. The van der Waals surface area contributed by atoms with Crippen molar-refractivity contribution >= 4 is 24.0 Å². The number of nitrogens with zero attached hydrogens (tertiary/aromatic N) is 1. The number of hydrogen-bond donors (Lipinski definition) is 1. The Balaban J connectivity index is 0.00000128. The molecule has 1 aromatic rings. The third kappa shape index (κ3) is 2.36. The zero-order valence-corrected chi connectivity index (χ0v) is 10.4. The molecule has 1 fully saturated rings. The van der Waals surface area contributed by atoms with Gasteiger partial charge in [-0.25, -0.2) is 0 Å². The molecule has 0 aliphatic carbocycles. The van der Waals surface area contributed by atoms with Gasteiger partial charge in [0.2, 0.25) is 5.91 Å². The highest BCUT2D eigenvalue weighted by Gasteiger charge is 2.26. The Morgan fingerprint density at radius 3 is 2.69 bits per heavy atom. The Morgan fingerprint density at radius 1 is 1.38 bits per heavy atom. The van der Waals surface area contributed by atoms with E-state index in [2.05, 4.69) is 12.2 Å². The van der Waals surface area contributed by atoms with Gasteiger partial charge in [-0.1, -0.05) is 18.2 Å². The second kappa shape index (κ2) is 5.32. The first kappa shape index (κ1) is 13.0. The molecule has 0 bridgehead atoms. The van der Waals surface area contributed by atoms with Crippen LogP contribution in [0, 0.1) is 6.92 Å². The summed E-state index contributed by atoms with van der Waals surface area (Å²) < 4.78 is 0. The third-order valence-electron chi connectivity index (χ3n) is 2.80. The smallest absolute Gasteiger partial charge is 0.241 e. The van der Waals surface area contributed by atoms with Crippen LogP contribution in [0.1, 0.15) is 12.5 Å². The normalized spacial score (nSPS) is 20.5. The van der Waals surface area contributed by atoms with Crippen LogP contribution < -0.4 is 10.2 Å². The summed E-state index contributed by atoms with van der Waals surface area (Å²) in [5.41, 5.74) is 2.19. The molecule has 1 N–H and O–H groups in total. The number of nitrogens with one attached hydrogen (secondary N) is 1. The van der Waals surface area contributed by atoms with Gasteiger partial charge in [0.05, 0.1) is 6.54 Å². The Kier molecular flexibility index (Phi) is 4.33. The molecular formula is C12H17ClN2O. The maximum absolute atomic E-state index is 11.8. The van der Waals surface area contributed by atoms with Gasteiger partial charge in [0, 0.05) is 18.3 Å². The van der Waals surface area contributed by atoms with Crippen molar-refractivity contribution in [2.75, 3.05) is 18.0 Å². The van der Waals surface area contributed by atoms with E-state index in [9.17, 15) is 4.79 Å². The highest BCUT2D eigenvalue weighted by Crippen LogP contribution is 2.22. The van der Waals surface area contributed by atoms with Crippen molar-refractivity contribution in [1.82, 2.24) is 5.32 Å². The summed E-state index contributed by atoms with van der Waals surface area (Å²) in [6, 6.07) is 8.25. The largest absolute Gasteiger partial charge is 0.307 e. The minimum Gasteiger partial charge on any atom is -0.307 e. The number of anilines is 1. The molecule has 1 heterocycles. The number of amides is 1. The van der Waals surface area contributed by atoms with Gasteiger partial charge < -0.3 is 10.2 Å². The summed E-state index contributed by atoms with van der Waals surface area (Å²) in [6.45, 7) is 5.41. The molecule has 1 saturated heterocycles. The fraction of sp³-hybridized carbons (Fsp3) is 0.417. The monoisotopic (exact) mass is 240 g/mol. The number of para-hydroxylation sites is 1. The highest BCUT2D eigenvalue weighted by molar-refractivity contribution is 5.96. The molecule has 3 nitrogen and oxygen atoms in total. The molecule has 1 unspecified atom stereocenters. The standard InChI is InChI=1S/C12H16N2O.ClH/c1-9-5-3-4-6-11(9)14-10(2)7-13-8-12(14)15;/h3-6,10,13H,7-8H2,1-2H3;1H. The number of rotatable bonds is 1. The molecule has 1 aliphatic heterocycles. The molecule has 2 rings (SSSR count). The molecule has 88 valence electrons. The summed E-state index contributed by atoms with van der Waals surface area (Å²) in [7, 11) is 0. The van der Waals surface area contributed by atoms with Crippen LogP contribution in [0.4, 0.5) is 5.69 Å². The van der Waals surface area contributed by atoms with E-state index in [1.807, 2.05) is 36.1 Å². The fourth-order valence-corrected chi connectivity index (χ4v) is 2.02. The first-order valence-electron chi connectivity index (χ1n) is 5.28. The van der Waals surface area contributed by atoms with Gasteiger partial charge in [-0.15, -0.1) is 12.4 Å².